The van der Waals surface area contributed by atoms with Gasteiger partial charge in [-0.05, 0) is 16.6 Å². The SMILES string of the molecule is [N-]=[N+]=N[C@H]1COB(c2ccccc2)O[C@@H]1COCc1ccccc1. The molecule has 0 N–H and O–H groups in total. The van der Waals surface area contributed by atoms with Crippen LogP contribution in [0.3, 0.4) is 0 Å². The molecule has 2 atom stereocenters. The summed E-state index contributed by atoms with van der Waals surface area (Å²) in [5.41, 5.74) is 10.8. The van der Waals surface area contributed by atoms with Gasteiger partial charge in [-0.3, -0.25) is 0 Å². The Kier molecular flexibility index (Phi) is 5.87. The van der Waals surface area contributed by atoms with Crippen LogP contribution in [0.15, 0.2) is 65.8 Å². The van der Waals surface area contributed by atoms with Crippen molar-refractivity contribution in [1.82, 2.24) is 0 Å². The van der Waals surface area contributed by atoms with Crippen LogP contribution in [-0.2, 0) is 20.7 Å². The second-order valence-corrected chi connectivity index (χ2v) is 5.52. The third-order valence-electron chi connectivity index (χ3n) is 3.81. The van der Waals surface area contributed by atoms with E-state index in [1.165, 1.54) is 0 Å². The monoisotopic (exact) mass is 323 g/mol. The summed E-state index contributed by atoms with van der Waals surface area (Å²) in [6.07, 6.45) is -0.344. The maximum Gasteiger partial charge on any atom is 0.494 e. The van der Waals surface area contributed by atoms with Crippen molar-refractivity contribution in [3.63, 3.8) is 0 Å². The molecule has 24 heavy (non-hydrogen) atoms. The van der Waals surface area contributed by atoms with E-state index in [1.807, 2.05) is 60.7 Å². The maximum atomic E-state index is 8.73. The van der Waals surface area contributed by atoms with Crippen molar-refractivity contribution in [2.75, 3.05) is 13.2 Å². The lowest BCUT2D eigenvalue weighted by Gasteiger charge is -2.32. The summed E-state index contributed by atoms with van der Waals surface area (Å²) < 4.78 is 17.4. The van der Waals surface area contributed by atoms with E-state index < -0.39 is 13.2 Å². The molecule has 0 aromatic heterocycles. The minimum atomic E-state index is -0.471. The maximum absolute atomic E-state index is 8.73. The van der Waals surface area contributed by atoms with Crippen LogP contribution in [0.25, 0.3) is 10.4 Å². The average molecular weight is 323 g/mol. The van der Waals surface area contributed by atoms with E-state index in [4.69, 9.17) is 19.6 Å². The zero-order chi connectivity index (χ0) is 16.6. The van der Waals surface area contributed by atoms with Crippen molar-refractivity contribution in [3.05, 3.63) is 76.7 Å². The molecule has 122 valence electrons. The lowest BCUT2D eigenvalue weighted by Crippen LogP contribution is -2.52. The lowest BCUT2D eigenvalue weighted by molar-refractivity contribution is -0.0153. The molecule has 0 radical (unpaired) electrons. The van der Waals surface area contributed by atoms with E-state index >= 15 is 0 Å². The van der Waals surface area contributed by atoms with Crippen LogP contribution in [0, 0.1) is 0 Å². The summed E-state index contributed by atoms with van der Waals surface area (Å²) in [6.45, 7) is 1.13. The molecule has 1 aliphatic rings. The van der Waals surface area contributed by atoms with Gasteiger partial charge in [-0.2, -0.15) is 0 Å². The summed E-state index contributed by atoms with van der Waals surface area (Å²) in [7, 11) is -0.471. The quantitative estimate of drug-likeness (QED) is 0.355. The van der Waals surface area contributed by atoms with Crippen molar-refractivity contribution < 1.29 is 14.0 Å². The Morgan fingerprint density at radius 2 is 1.83 bits per heavy atom. The first-order valence-corrected chi connectivity index (χ1v) is 7.84. The zero-order valence-electron chi connectivity index (χ0n) is 13.2. The summed E-state index contributed by atoms with van der Waals surface area (Å²) in [6, 6.07) is 19.2. The Bertz CT molecular complexity index is 680. The van der Waals surface area contributed by atoms with Gasteiger partial charge in [0.2, 0.25) is 0 Å². The van der Waals surface area contributed by atoms with E-state index in [2.05, 4.69) is 10.0 Å². The van der Waals surface area contributed by atoms with E-state index in [1.54, 1.807) is 0 Å². The highest BCUT2D eigenvalue weighted by Crippen LogP contribution is 2.16. The Morgan fingerprint density at radius 3 is 2.54 bits per heavy atom. The van der Waals surface area contributed by atoms with Gasteiger partial charge in [-0.25, -0.2) is 0 Å². The first-order valence-electron chi connectivity index (χ1n) is 7.84. The van der Waals surface area contributed by atoms with Gasteiger partial charge in [0.1, 0.15) is 0 Å². The van der Waals surface area contributed by atoms with Crippen LogP contribution in [-0.4, -0.2) is 32.5 Å². The normalized spacial score (nSPS) is 20.4. The largest absolute Gasteiger partial charge is 0.494 e. The Morgan fingerprint density at radius 1 is 1.12 bits per heavy atom. The molecular weight excluding hydrogens is 305 g/mol. The summed E-state index contributed by atoms with van der Waals surface area (Å²) >= 11 is 0. The molecule has 0 bridgehead atoms. The van der Waals surface area contributed by atoms with Gasteiger partial charge < -0.3 is 14.0 Å². The Hall–Kier alpha value is -2.31. The van der Waals surface area contributed by atoms with Crippen LogP contribution in [0.1, 0.15) is 5.56 Å². The number of nitrogens with zero attached hydrogens (tertiary/aromatic N) is 3. The molecule has 0 unspecified atom stereocenters. The van der Waals surface area contributed by atoms with Crippen molar-refractivity contribution in [2.45, 2.75) is 18.8 Å². The zero-order valence-corrected chi connectivity index (χ0v) is 13.2. The Balaban J connectivity index is 1.61. The first-order chi connectivity index (χ1) is 11.9. The van der Waals surface area contributed by atoms with E-state index in [0.717, 1.165) is 11.0 Å². The van der Waals surface area contributed by atoms with Crippen LogP contribution < -0.4 is 5.46 Å². The van der Waals surface area contributed by atoms with Gasteiger partial charge in [-0.15, -0.1) is 0 Å². The number of azide groups is 1. The van der Waals surface area contributed by atoms with Crippen molar-refractivity contribution >= 4 is 12.6 Å². The van der Waals surface area contributed by atoms with Crippen LogP contribution in [0.4, 0.5) is 0 Å². The van der Waals surface area contributed by atoms with Crippen molar-refractivity contribution in [1.29, 1.82) is 0 Å². The highest BCUT2D eigenvalue weighted by atomic mass is 16.6. The average Bonchev–Trinajstić information content (AvgIpc) is 2.65. The smallest absolute Gasteiger partial charge is 0.407 e. The molecule has 1 fully saturated rings. The fourth-order valence-corrected chi connectivity index (χ4v) is 2.56. The molecule has 1 aliphatic heterocycles. The molecule has 1 heterocycles. The highest BCUT2D eigenvalue weighted by Gasteiger charge is 2.36. The number of benzene rings is 2. The highest BCUT2D eigenvalue weighted by molar-refractivity contribution is 6.61. The fourth-order valence-electron chi connectivity index (χ4n) is 2.56. The number of rotatable bonds is 6. The summed E-state index contributed by atoms with van der Waals surface area (Å²) in [4.78, 5) is 2.88. The first kappa shape index (κ1) is 16.5. The van der Waals surface area contributed by atoms with Crippen LogP contribution in [0.5, 0.6) is 0 Å². The predicted octanol–water partition coefficient (Wildman–Crippen LogP) is 2.69. The van der Waals surface area contributed by atoms with Gasteiger partial charge in [0, 0.05) is 11.5 Å². The van der Waals surface area contributed by atoms with E-state index in [9.17, 15) is 0 Å². The molecule has 6 nitrogen and oxygen atoms in total. The number of hydrogen-bond donors (Lipinski definition) is 0. The Labute approximate surface area is 141 Å². The van der Waals surface area contributed by atoms with Gasteiger partial charge in [0.05, 0.1) is 25.4 Å². The predicted molar refractivity (Wildman–Crippen MR) is 91.7 cm³/mol. The molecule has 3 rings (SSSR count). The molecular formula is C17H18BN3O3. The second-order valence-electron chi connectivity index (χ2n) is 5.52. The fraction of sp³-hybridized carbons (Fsp3) is 0.294. The number of ether oxygens (including phenoxy) is 1. The molecule has 1 saturated heterocycles. The van der Waals surface area contributed by atoms with Crippen LogP contribution in [0.2, 0.25) is 0 Å². The van der Waals surface area contributed by atoms with Gasteiger partial charge in [-0.1, -0.05) is 65.8 Å². The third kappa shape index (κ3) is 4.37. The summed E-state index contributed by atoms with van der Waals surface area (Å²) in [5.74, 6) is 0. The van der Waals surface area contributed by atoms with Gasteiger partial charge >= 0.3 is 7.12 Å². The molecule has 7 heteroatoms. The van der Waals surface area contributed by atoms with E-state index in [-0.39, 0.29) is 6.10 Å². The second kappa shape index (κ2) is 8.52. The van der Waals surface area contributed by atoms with Crippen molar-refractivity contribution in [3.8, 4) is 0 Å². The minimum Gasteiger partial charge on any atom is -0.407 e. The number of hydrogen-bond acceptors (Lipinski definition) is 4. The lowest BCUT2D eigenvalue weighted by atomic mass is 9.77. The minimum absolute atomic E-state index is 0.309. The standard InChI is InChI=1S/C17H18BN3O3/c19-21-20-16-12-23-18(15-9-5-2-6-10-15)24-17(16)13-22-11-14-7-3-1-4-8-14/h1-10,16-17H,11-13H2/t16-,17+/m0/s1. The van der Waals surface area contributed by atoms with Gasteiger partial charge in [0.15, 0.2) is 0 Å². The molecule has 0 spiro atoms. The van der Waals surface area contributed by atoms with E-state index in [0.29, 0.717) is 19.8 Å². The van der Waals surface area contributed by atoms with Crippen LogP contribution >= 0.6 is 0 Å². The van der Waals surface area contributed by atoms with Crippen molar-refractivity contribution in [2.24, 2.45) is 5.11 Å². The third-order valence-corrected chi connectivity index (χ3v) is 3.81. The summed E-state index contributed by atoms with van der Waals surface area (Å²) in [5, 5.41) is 3.77. The topological polar surface area (TPSA) is 76.5 Å². The van der Waals surface area contributed by atoms with Gasteiger partial charge in [0.25, 0.3) is 0 Å². The molecule has 0 aliphatic carbocycles. The molecule has 0 saturated carbocycles. The molecule has 0 amide bonds. The molecule has 2 aromatic rings. The molecule has 2 aromatic carbocycles.